The van der Waals surface area contributed by atoms with E-state index >= 15 is 0 Å². The summed E-state index contributed by atoms with van der Waals surface area (Å²) in [6.45, 7) is 9.57. The number of nitrogen functional groups attached to an aromatic ring is 1. The maximum Gasteiger partial charge on any atom is 0.128 e. The third-order valence-electron chi connectivity index (χ3n) is 4.22. The molecule has 0 bridgehead atoms. The first-order valence-corrected chi connectivity index (χ1v) is 6.72. The number of benzene rings is 1. The van der Waals surface area contributed by atoms with Gasteiger partial charge in [0.1, 0.15) is 5.82 Å². The highest BCUT2D eigenvalue weighted by Crippen LogP contribution is 2.35. The molecule has 1 fully saturated rings. The molecular weight excluding hydrogens is 227 g/mol. The minimum absolute atomic E-state index is 0.220. The average Bonchev–Trinajstić information content (AvgIpc) is 2.29. The van der Waals surface area contributed by atoms with Crippen molar-refractivity contribution in [3.63, 3.8) is 0 Å². The molecule has 0 aromatic heterocycles. The Balaban J connectivity index is 2.38. The zero-order valence-electron chi connectivity index (χ0n) is 11.7. The number of piperidine rings is 1. The molecule has 1 aromatic rings. The number of hydrogen-bond acceptors (Lipinski definition) is 2. The van der Waals surface area contributed by atoms with Gasteiger partial charge >= 0.3 is 0 Å². The molecular formula is C15H23FN2. The maximum atomic E-state index is 13.5. The van der Waals surface area contributed by atoms with Crippen molar-refractivity contribution < 1.29 is 4.39 Å². The van der Waals surface area contributed by atoms with Crippen LogP contribution in [0.2, 0.25) is 0 Å². The van der Waals surface area contributed by atoms with Gasteiger partial charge in [0.15, 0.2) is 0 Å². The van der Waals surface area contributed by atoms with Gasteiger partial charge in [0.2, 0.25) is 0 Å². The molecule has 1 heterocycles. The smallest absolute Gasteiger partial charge is 0.128 e. The van der Waals surface area contributed by atoms with Crippen LogP contribution < -0.4 is 10.6 Å². The van der Waals surface area contributed by atoms with E-state index in [1.165, 1.54) is 12.5 Å². The molecule has 3 heteroatoms. The Morgan fingerprint density at radius 2 is 1.94 bits per heavy atom. The van der Waals surface area contributed by atoms with E-state index in [0.717, 1.165) is 12.2 Å². The second-order valence-corrected chi connectivity index (χ2v) is 5.87. The van der Waals surface area contributed by atoms with Crippen LogP contribution in [0.4, 0.5) is 15.8 Å². The van der Waals surface area contributed by atoms with Crippen LogP contribution in [-0.4, -0.2) is 12.6 Å². The van der Waals surface area contributed by atoms with E-state index < -0.39 is 0 Å². The van der Waals surface area contributed by atoms with Crippen LogP contribution in [0.3, 0.4) is 0 Å². The lowest BCUT2D eigenvalue weighted by Gasteiger charge is -2.43. The van der Waals surface area contributed by atoms with E-state index in [4.69, 9.17) is 5.73 Å². The number of halogens is 1. The summed E-state index contributed by atoms with van der Waals surface area (Å²) in [6.07, 6.45) is 1.25. The third-order valence-corrected chi connectivity index (χ3v) is 4.22. The second-order valence-electron chi connectivity index (χ2n) is 5.87. The topological polar surface area (TPSA) is 29.3 Å². The minimum Gasteiger partial charge on any atom is -0.397 e. The Hall–Kier alpha value is -1.25. The van der Waals surface area contributed by atoms with E-state index in [1.54, 1.807) is 6.92 Å². The summed E-state index contributed by atoms with van der Waals surface area (Å²) >= 11 is 0. The second kappa shape index (κ2) is 4.79. The van der Waals surface area contributed by atoms with Gasteiger partial charge in [-0.1, -0.05) is 13.8 Å². The summed E-state index contributed by atoms with van der Waals surface area (Å²) in [6, 6.07) is 3.78. The Morgan fingerprint density at radius 3 is 2.61 bits per heavy atom. The van der Waals surface area contributed by atoms with Crippen LogP contribution in [0.15, 0.2) is 12.1 Å². The molecule has 0 amide bonds. The zero-order valence-corrected chi connectivity index (χ0v) is 11.7. The van der Waals surface area contributed by atoms with E-state index in [2.05, 4.69) is 25.7 Å². The van der Waals surface area contributed by atoms with Gasteiger partial charge in [0, 0.05) is 12.6 Å². The summed E-state index contributed by atoms with van der Waals surface area (Å²) in [5, 5.41) is 0. The Kier molecular flexibility index (Phi) is 3.51. The standard InChI is InChI=1S/C15H23FN2/c1-9-5-10(2)12(4)18(8-9)15-6-11(3)13(16)7-14(15)17/h6-7,9-10,12H,5,8,17H2,1-4H3. The fourth-order valence-corrected chi connectivity index (χ4v) is 2.96. The van der Waals surface area contributed by atoms with E-state index in [-0.39, 0.29) is 5.82 Å². The van der Waals surface area contributed by atoms with Crippen molar-refractivity contribution in [3.05, 3.63) is 23.5 Å². The van der Waals surface area contributed by atoms with Crippen molar-refractivity contribution in [3.8, 4) is 0 Å². The molecule has 0 aliphatic carbocycles. The molecule has 18 heavy (non-hydrogen) atoms. The van der Waals surface area contributed by atoms with Gasteiger partial charge < -0.3 is 10.6 Å². The molecule has 2 N–H and O–H groups in total. The summed E-state index contributed by atoms with van der Waals surface area (Å²) in [4.78, 5) is 2.33. The summed E-state index contributed by atoms with van der Waals surface area (Å²) in [7, 11) is 0. The van der Waals surface area contributed by atoms with Crippen molar-refractivity contribution in [1.82, 2.24) is 0 Å². The van der Waals surface area contributed by atoms with Crippen molar-refractivity contribution in [2.45, 2.75) is 40.2 Å². The highest BCUT2D eigenvalue weighted by atomic mass is 19.1. The SMILES string of the molecule is Cc1cc(N2CC(C)CC(C)C2C)c(N)cc1F. The predicted octanol–water partition coefficient (Wildman–Crippen LogP) is 3.59. The van der Waals surface area contributed by atoms with Gasteiger partial charge in [-0.05, 0) is 49.8 Å². The lowest BCUT2D eigenvalue weighted by Crippen LogP contribution is -2.46. The molecule has 0 saturated carbocycles. The molecule has 100 valence electrons. The highest BCUT2D eigenvalue weighted by Gasteiger charge is 2.30. The van der Waals surface area contributed by atoms with Crippen molar-refractivity contribution >= 4 is 11.4 Å². The lowest BCUT2D eigenvalue weighted by molar-refractivity contribution is 0.297. The summed E-state index contributed by atoms with van der Waals surface area (Å²) < 4.78 is 13.5. The Bertz CT molecular complexity index is 444. The summed E-state index contributed by atoms with van der Waals surface area (Å²) in [5.74, 6) is 1.07. The number of rotatable bonds is 1. The van der Waals surface area contributed by atoms with E-state index in [0.29, 0.717) is 29.1 Å². The first kappa shape index (κ1) is 13.2. The number of nitrogens with two attached hydrogens (primary N) is 1. The Morgan fingerprint density at radius 1 is 1.28 bits per heavy atom. The van der Waals surface area contributed by atoms with Crippen molar-refractivity contribution in [2.24, 2.45) is 11.8 Å². The van der Waals surface area contributed by atoms with Crippen LogP contribution in [0.25, 0.3) is 0 Å². The van der Waals surface area contributed by atoms with E-state index in [9.17, 15) is 4.39 Å². The molecule has 1 saturated heterocycles. The van der Waals surface area contributed by atoms with Crippen LogP contribution in [0, 0.1) is 24.6 Å². The normalized spacial score (nSPS) is 28.5. The number of aryl methyl sites for hydroxylation is 1. The number of hydrogen-bond donors (Lipinski definition) is 1. The first-order chi connectivity index (χ1) is 8.40. The van der Waals surface area contributed by atoms with Crippen molar-refractivity contribution in [1.29, 1.82) is 0 Å². The molecule has 3 unspecified atom stereocenters. The fourth-order valence-electron chi connectivity index (χ4n) is 2.96. The van der Waals surface area contributed by atoms with Gasteiger partial charge in [-0.25, -0.2) is 4.39 Å². The highest BCUT2D eigenvalue weighted by molar-refractivity contribution is 5.69. The number of nitrogens with zero attached hydrogens (tertiary/aromatic N) is 1. The van der Waals surface area contributed by atoms with Gasteiger partial charge in [-0.2, -0.15) is 0 Å². The van der Waals surface area contributed by atoms with Gasteiger partial charge in [-0.15, -0.1) is 0 Å². The quantitative estimate of drug-likeness (QED) is 0.772. The van der Waals surface area contributed by atoms with Gasteiger partial charge in [-0.3, -0.25) is 0 Å². The Labute approximate surface area is 109 Å². The van der Waals surface area contributed by atoms with Gasteiger partial charge in [0.25, 0.3) is 0 Å². The van der Waals surface area contributed by atoms with Crippen LogP contribution in [0.5, 0.6) is 0 Å². The molecule has 1 aromatic carbocycles. The minimum atomic E-state index is -0.220. The summed E-state index contributed by atoms with van der Waals surface area (Å²) in [5.41, 5.74) is 8.19. The first-order valence-electron chi connectivity index (χ1n) is 6.72. The van der Waals surface area contributed by atoms with Crippen LogP contribution in [-0.2, 0) is 0 Å². The molecule has 2 rings (SSSR count). The zero-order chi connectivity index (χ0) is 13.4. The van der Waals surface area contributed by atoms with Crippen LogP contribution in [0.1, 0.15) is 32.8 Å². The van der Waals surface area contributed by atoms with Crippen LogP contribution >= 0.6 is 0 Å². The third kappa shape index (κ3) is 2.31. The van der Waals surface area contributed by atoms with Crippen molar-refractivity contribution in [2.75, 3.05) is 17.2 Å². The fraction of sp³-hybridized carbons (Fsp3) is 0.600. The largest absolute Gasteiger partial charge is 0.397 e. The molecule has 0 spiro atoms. The predicted molar refractivity (Wildman–Crippen MR) is 75.3 cm³/mol. The van der Waals surface area contributed by atoms with Gasteiger partial charge in [0.05, 0.1) is 11.4 Å². The molecule has 0 radical (unpaired) electrons. The lowest BCUT2D eigenvalue weighted by atomic mass is 9.85. The number of anilines is 2. The molecule has 3 atom stereocenters. The average molecular weight is 250 g/mol. The molecule has 1 aliphatic heterocycles. The maximum absolute atomic E-state index is 13.5. The molecule has 1 aliphatic rings. The molecule has 2 nitrogen and oxygen atoms in total. The van der Waals surface area contributed by atoms with E-state index in [1.807, 2.05) is 6.07 Å². The monoisotopic (exact) mass is 250 g/mol.